The van der Waals surface area contributed by atoms with E-state index in [0.29, 0.717) is 19.3 Å². The van der Waals surface area contributed by atoms with Crippen LogP contribution >= 0.6 is 22.6 Å². The first kappa shape index (κ1) is 20.8. The standard InChI is InChI=1S/C23H27IN2O2/c1-17-6-2-3-7-19(17)10-13-22(27)25-21(23(28)26-14-4-5-15-26)16-18-8-11-20(24)12-9-18/h2-3,6-9,11-12,21H,4-5,10,13-16H2,1H3,(H,25,27). The second-order valence-corrected chi connectivity index (χ2v) is 8.66. The molecule has 2 amide bonds. The van der Waals surface area contributed by atoms with E-state index in [-0.39, 0.29) is 11.8 Å². The van der Waals surface area contributed by atoms with Crippen LogP contribution in [0.25, 0.3) is 0 Å². The van der Waals surface area contributed by atoms with Gasteiger partial charge < -0.3 is 10.2 Å². The van der Waals surface area contributed by atoms with Gasteiger partial charge in [0.2, 0.25) is 11.8 Å². The quantitative estimate of drug-likeness (QED) is 0.599. The van der Waals surface area contributed by atoms with E-state index in [0.717, 1.165) is 35.1 Å². The lowest BCUT2D eigenvalue weighted by Crippen LogP contribution is -2.49. The Bertz CT molecular complexity index is 814. The van der Waals surface area contributed by atoms with Crippen LogP contribution in [0.4, 0.5) is 0 Å². The number of carbonyl (C=O) groups excluding carboxylic acids is 2. The second-order valence-electron chi connectivity index (χ2n) is 7.41. The SMILES string of the molecule is Cc1ccccc1CCC(=O)NC(Cc1ccc(I)cc1)C(=O)N1CCCC1. The highest BCUT2D eigenvalue weighted by molar-refractivity contribution is 14.1. The molecule has 0 saturated carbocycles. The predicted octanol–water partition coefficient (Wildman–Crippen LogP) is 3.88. The molecule has 1 aliphatic rings. The van der Waals surface area contributed by atoms with Crippen LogP contribution in [0, 0.1) is 10.5 Å². The maximum Gasteiger partial charge on any atom is 0.245 e. The van der Waals surface area contributed by atoms with Crippen molar-refractivity contribution in [3.63, 3.8) is 0 Å². The summed E-state index contributed by atoms with van der Waals surface area (Å²) < 4.78 is 1.16. The lowest BCUT2D eigenvalue weighted by atomic mass is 10.0. The summed E-state index contributed by atoms with van der Waals surface area (Å²) >= 11 is 2.27. The molecule has 1 heterocycles. The monoisotopic (exact) mass is 490 g/mol. The molecule has 0 bridgehead atoms. The number of benzene rings is 2. The number of aryl methyl sites for hydroxylation is 2. The Labute approximate surface area is 180 Å². The largest absolute Gasteiger partial charge is 0.344 e. The maximum atomic E-state index is 13.0. The van der Waals surface area contributed by atoms with Crippen molar-refractivity contribution in [1.29, 1.82) is 0 Å². The average molecular weight is 490 g/mol. The van der Waals surface area contributed by atoms with Crippen molar-refractivity contribution in [3.05, 3.63) is 68.8 Å². The molecule has 1 aliphatic heterocycles. The number of carbonyl (C=O) groups is 2. The van der Waals surface area contributed by atoms with Crippen molar-refractivity contribution < 1.29 is 9.59 Å². The molecule has 0 spiro atoms. The normalized spacial score (nSPS) is 14.7. The minimum absolute atomic E-state index is 0.0419. The van der Waals surface area contributed by atoms with E-state index in [9.17, 15) is 9.59 Å². The highest BCUT2D eigenvalue weighted by atomic mass is 127. The first-order chi connectivity index (χ1) is 13.5. The first-order valence-electron chi connectivity index (χ1n) is 9.90. The molecule has 1 N–H and O–H groups in total. The van der Waals surface area contributed by atoms with Gasteiger partial charge in [-0.2, -0.15) is 0 Å². The van der Waals surface area contributed by atoms with E-state index in [2.05, 4.69) is 47.0 Å². The second kappa shape index (κ2) is 10.0. The lowest BCUT2D eigenvalue weighted by Gasteiger charge is -2.24. The molecule has 0 radical (unpaired) electrons. The molecule has 4 nitrogen and oxygen atoms in total. The van der Waals surface area contributed by atoms with Gasteiger partial charge in [0, 0.05) is 29.5 Å². The number of amides is 2. The van der Waals surface area contributed by atoms with E-state index in [4.69, 9.17) is 0 Å². The van der Waals surface area contributed by atoms with E-state index in [1.165, 1.54) is 11.1 Å². The molecule has 1 atom stereocenters. The third kappa shape index (κ3) is 5.80. The molecule has 28 heavy (non-hydrogen) atoms. The molecule has 0 aliphatic carbocycles. The van der Waals surface area contributed by atoms with Crippen molar-refractivity contribution in [2.45, 2.75) is 45.1 Å². The summed E-state index contributed by atoms with van der Waals surface area (Å²) in [6.45, 7) is 3.64. The summed E-state index contributed by atoms with van der Waals surface area (Å²) in [5, 5.41) is 3.01. The zero-order valence-electron chi connectivity index (χ0n) is 16.3. The van der Waals surface area contributed by atoms with E-state index in [1.54, 1.807) is 0 Å². The Kier molecular flexibility index (Phi) is 7.48. The van der Waals surface area contributed by atoms with E-state index < -0.39 is 6.04 Å². The zero-order chi connectivity index (χ0) is 19.9. The Morgan fingerprint density at radius 1 is 1.07 bits per heavy atom. The Balaban J connectivity index is 1.65. The fraction of sp³-hybridized carbons (Fsp3) is 0.391. The summed E-state index contributed by atoms with van der Waals surface area (Å²) in [6.07, 6.45) is 3.70. The summed E-state index contributed by atoms with van der Waals surface area (Å²) in [6, 6.07) is 15.8. The predicted molar refractivity (Wildman–Crippen MR) is 120 cm³/mol. The molecule has 148 valence electrons. The first-order valence-corrected chi connectivity index (χ1v) is 11.0. The number of halogens is 1. The molecule has 1 fully saturated rings. The fourth-order valence-electron chi connectivity index (χ4n) is 3.62. The maximum absolute atomic E-state index is 13.0. The van der Waals surface area contributed by atoms with Crippen LogP contribution in [0.15, 0.2) is 48.5 Å². The van der Waals surface area contributed by atoms with Gasteiger partial charge in [-0.05, 0) is 77.6 Å². The summed E-state index contributed by atoms with van der Waals surface area (Å²) in [5.74, 6) is -0.0217. The summed E-state index contributed by atoms with van der Waals surface area (Å²) in [4.78, 5) is 27.5. The van der Waals surface area contributed by atoms with Crippen molar-refractivity contribution in [3.8, 4) is 0 Å². The molecule has 2 aromatic carbocycles. The third-order valence-electron chi connectivity index (χ3n) is 5.29. The molecular weight excluding hydrogens is 463 g/mol. The van der Waals surface area contributed by atoms with Gasteiger partial charge >= 0.3 is 0 Å². The van der Waals surface area contributed by atoms with Crippen molar-refractivity contribution in [2.24, 2.45) is 0 Å². The van der Waals surface area contributed by atoms with Gasteiger partial charge in [0.05, 0.1) is 0 Å². The van der Waals surface area contributed by atoms with Crippen LogP contribution in [-0.4, -0.2) is 35.8 Å². The van der Waals surface area contributed by atoms with Crippen LogP contribution in [-0.2, 0) is 22.4 Å². The lowest BCUT2D eigenvalue weighted by molar-refractivity contribution is -0.135. The van der Waals surface area contributed by atoms with Gasteiger partial charge in [-0.1, -0.05) is 36.4 Å². The number of nitrogens with one attached hydrogen (secondary N) is 1. The molecule has 5 heteroatoms. The number of likely N-dealkylation sites (tertiary alicyclic amines) is 1. The number of hydrogen-bond acceptors (Lipinski definition) is 2. The third-order valence-corrected chi connectivity index (χ3v) is 6.01. The van der Waals surface area contributed by atoms with Crippen LogP contribution in [0.1, 0.15) is 36.0 Å². The molecule has 3 rings (SSSR count). The van der Waals surface area contributed by atoms with E-state index in [1.807, 2.05) is 41.3 Å². The minimum Gasteiger partial charge on any atom is -0.344 e. The number of nitrogens with zero attached hydrogens (tertiary/aromatic N) is 1. The van der Waals surface area contributed by atoms with Crippen molar-refractivity contribution >= 4 is 34.4 Å². The molecule has 1 saturated heterocycles. The minimum atomic E-state index is -0.498. The van der Waals surface area contributed by atoms with Crippen LogP contribution in [0.2, 0.25) is 0 Å². The Morgan fingerprint density at radius 2 is 1.75 bits per heavy atom. The van der Waals surface area contributed by atoms with Gasteiger partial charge in [-0.3, -0.25) is 9.59 Å². The van der Waals surface area contributed by atoms with Gasteiger partial charge in [-0.15, -0.1) is 0 Å². The zero-order valence-corrected chi connectivity index (χ0v) is 18.4. The highest BCUT2D eigenvalue weighted by Crippen LogP contribution is 2.14. The van der Waals surface area contributed by atoms with E-state index >= 15 is 0 Å². The van der Waals surface area contributed by atoms with Crippen molar-refractivity contribution in [1.82, 2.24) is 10.2 Å². The number of hydrogen-bond donors (Lipinski definition) is 1. The molecular formula is C23H27IN2O2. The van der Waals surface area contributed by atoms with Gasteiger partial charge in [0.25, 0.3) is 0 Å². The molecule has 1 unspecified atom stereocenters. The van der Waals surface area contributed by atoms with Gasteiger partial charge in [0.1, 0.15) is 6.04 Å². The highest BCUT2D eigenvalue weighted by Gasteiger charge is 2.27. The summed E-state index contributed by atoms with van der Waals surface area (Å²) in [5.41, 5.74) is 3.44. The topological polar surface area (TPSA) is 49.4 Å². The smallest absolute Gasteiger partial charge is 0.245 e. The Hall–Kier alpha value is -1.89. The van der Waals surface area contributed by atoms with Crippen LogP contribution in [0.3, 0.4) is 0 Å². The van der Waals surface area contributed by atoms with Crippen LogP contribution < -0.4 is 5.32 Å². The fourth-order valence-corrected chi connectivity index (χ4v) is 3.98. The number of rotatable bonds is 7. The van der Waals surface area contributed by atoms with Crippen molar-refractivity contribution in [2.75, 3.05) is 13.1 Å². The Morgan fingerprint density at radius 3 is 2.43 bits per heavy atom. The molecule has 0 aromatic heterocycles. The van der Waals surface area contributed by atoms with Crippen LogP contribution in [0.5, 0.6) is 0 Å². The van der Waals surface area contributed by atoms with Gasteiger partial charge in [0.15, 0.2) is 0 Å². The average Bonchev–Trinajstić information content (AvgIpc) is 3.23. The molecule has 2 aromatic rings. The summed E-state index contributed by atoms with van der Waals surface area (Å²) in [7, 11) is 0. The van der Waals surface area contributed by atoms with Gasteiger partial charge in [-0.25, -0.2) is 0 Å².